The molecule has 0 spiro atoms. The van der Waals surface area contributed by atoms with Gasteiger partial charge in [0.2, 0.25) is 0 Å². The van der Waals surface area contributed by atoms with E-state index < -0.39 is 11.6 Å². The molecule has 0 unspecified atom stereocenters. The number of H-pyrrole nitrogens is 1. The Morgan fingerprint density at radius 3 is 2.64 bits per heavy atom. The van der Waals surface area contributed by atoms with Gasteiger partial charge in [-0.2, -0.15) is 0 Å². The number of hydrogen-bond donors (Lipinski definition) is 2. The SMILES string of the molecule is CC(C)(C)OC(=O)[CH]c1[nH]ccc1O. The Bertz CT molecular complexity index is 322. The fourth-order valence-corrected chi connectivity index (χ4v) is 0.939. The second-order valence-electron chi connectivity index (χ2n) is 3.95. The maximum atomic E-state index is 11.3. The molecule has 0 aliphatic rings. The summed E-state index contributed by atoms with van der Waals surface area (Å²) in [7, 11) is 0. The second kappa shape index (κ2) is 3.74. The number of rotatable bonds is 2. The van der Waals surface area contributed by atoms with Crippen LogP contribution in [0.15, 0.2) is 12.3 Å². The monoisotopic (exact) mass is 196 g/mol. The lowest BCUT2D eigenvalue weighted by atomic mass is 10.2. The molecule has 0 fully saturated rings. The van der Waals surface area contributed by atoms with E-state index in [-0.39, 0.29) is 5.75 Å². The van der Waals surface area contributed by atoms with Gasteiger partial charge in [0.1, 0.15) is 17.8 Å². The zero-order valence-electron chi connectivity index (χ0n) is 8.50. The Kier molecular flexibility index (Phi) is 2.84. The van der Waals surface area contributed by atoms with Crippen LogP contribution in [0.2, 0.25) is 0 Å². The number of aromatic nitrogens is 1. The third-order valence-corrected chi connectivity index (χ3v) is 1.42. The van der Waals surface area contributed by atoms with Crippen LogP contribution in [0.5, 0.6) is 5.75 Å². The number of aromatic amines is 1. The van der Waals surface area contributed by atoms with Gasteiger partial charge in [-0.1, -0.05) is 0 Å². The van der Waals surface area contributed by atoms with Gasteiger partial charge in [-0.3, -0.25) is 4.79 Å². The molecule has 4 nitrogen and oxygen atoms in total. The van der Waals surface area contributed by atoms with Crippen LogP contribution >= 0.6 is 0 Å². The third-order valence-electron chi connectivity index (χ3n) is 1.42. The molecule has 1 rings (SSSR count). The number of esters is 1. The van der Waals surface area contributed by atoms with Gasteiger partial charge < -0.3 is 14.8 Å². The quantitative estimate of drug-likeness (QED) is 0.706. The number of aromatic hydroxyl groups is 1. The van der Waals surface area contributed by atoms with E-state index in [4.69, 9.17) is 4.74 Å². The summed E-state index contributed by atoms with van der Waals surface area (Å²) in [5.74, 6) is -0.439. The first kappa shape index (κ1) is 10.6. The molecule has 0 aromatic carbocycles. The van der Waals surface area contributed by atoms with E-state index in [0.29, 0.717) is 5.69 Å². The zero-order chi connectivity index (χ0) is 10.8. The molecule has 0 aliphatic heterocycles. The van der Waals surface area contributed by atoms with Crippen molar-refractivity contribution in [3.63, 3.8) is 0 Å². The Morgan fingerprint density at radius 2 is 2.21 bits per heavy atom. The van der Waals surface area contributed by atoms with Gasteiger partial charge in [0, 0.05) is 6.20 Å². The van der Waals surface area contributed by atoms with Gasteiger partial charge in [-0.15, -0.1) is 0 Å². The van der Waals surface area contributed by atoms with Crippen LogP contribution in [0, 0.1) is 6.42 Å². The molecule has 0 atom stereocenters. The number of carbonyl (C=O) groups excluding carboxylic acids is 1. The highest BCUT2D eigenvalue weighted by atomic mass is 16.6. The highest BCUT2D eigenvalue weighted by Gasteiger charge is 2.18. The summed E-state index contributed by atoms with van der Waals surface area (Å²) in [6.07, 6.45) is 2.77. The molecule has 0 aliphatic carbocycles. The molecular formula is C10H14NO3. The minimum Gasteiger partial charge on any atom is -0.506 e. The smallest absolute Gasteiger partial charge is 0.316 e. The van der Waals surface area contributed by atoms with Gasteiger partial charge >= 0.3 is 5.97 Å². The van der Waals surface area contributed by atoms with Crippen LogP contribution in [0.4, 0.5) is 0 Å². The molecule has 0 amide bonds. The Morgan fingerprint density at radius 1 is 1.57 bits per heavy atom. The van der Waals surface area contributed by atoms with E-state index >= 15 is 0 Å². The van der Waals surface area contributed by atoms with Crippen LogP contribution in [0.25, 0.3) is 0 Å². The second-order valence-corrected chi connectivity index (χ2v) is 3.95. The average molecular weight is 196 g/mol. The van der Waals surface area contributed by atoms with Gasteiger partial charge in [-0.05, 0) is 26.8 Å². The van der Waals surface area contributed by atoms with E-state index in [1.54, 1.807) is 27.0 Å². The highest BCUT2D eigenvalue weighted by Crippen LogP contribution is 2.17. The van der Waals surface area contributed by atoms with Gasteiger partial charge in [0.05, 0.1) is 5.69 Å². The van der Waals surface area contributed by atoms with Crippen LogP contribution in [-0.4, -0.2) is 21.7 Å². The first-order chi connectivity index (χ1) is 6.38. The maximum absolute atomic E-state index is 11.3. The predicted molar refractivity (Wildman–Crippen MR) is 51.7 cm³/mol. The van der Waals surface area contributed by atoms with Gasteiger partial charge in [0.25, 0.3) is 0 Å². The van der Waals surface area contributed by atoms with Crippen molar-refractivity contribution in [3.8, 4) is 5.75 Å². The number of hydrogen-bond acceptors (Lipinski definition) is 3. The molecule has 14 heavy (non-hydrogen) atoms. The molecule has 0 saturated carbocycles. The average Bonchev–Trinajstić information content (AvgIpc) is 2.32. The maximum Gasteiger partial charge on any atom is 0.316 e. The molecule has 1 aromatic heterocycles. The van der Waals surface area contributed by atoms with Crippen molar-refractivity contribution < 1.29 is 14.6 Å². The van der Waals surface area contributed by atoms with Crippen molar-refractivity contribution in [2.24, 2.45) is 0 Å². The van der Waals surface area contributed by atoms with Crippen LogP contribution in [-0.2, 0) is 9.53 Å². The lowest BCUT2D eigenvalue weighted by Gasteiger charge is -2.18. The van der Waals surface area contributed by atoms with E-state index in [1.165, 1.54) is 12.5 Å². The molecule has 1 aromatic rings. The van der Waals surface area contributed by atoms with Gasteiger partial charge in [-0.25, -0.2) is 0 Å². The van der Waals surface area contributed by atoms with Crippen molar-refractivity contribution >= 4 is 5.97 Å². The topological polar surface area (TPSA) is 62.3 Å². The predicted octanol–water partition coefficient (Wildman–Crippen LogP) is 1.61. The summed E-state index contributed by atoms with van der Waals surface area (Å²) < 4.78 is 5.04. The Labute approximate surface area is 82.9 Å². The van der Waals surface area contributed by atoms with Crippen molar-refractivity contribution in [1.82, 2.24) is 4.98 Å². The Hall–Kier alpha value is -1.45. The third kappa shape index (κ3) is 3.12. The molecule has 2 N–H and O–H groups in total. The van der Waals surface area contributed by atoms with Crippen LogP contribution in [0.3, 0.4) is 0 Å². The Balaban J connectivity index is 2.54. The lowest BCUT2D eigenvalue weighted by Crippen LogP contribution is -2.24. The first-order valence-electron chi connectivity index (χ1n) is 4.32. The summed E-state index contributed by atoms with van der Waals surface area (Å²) in [6.45, 7) is 5.36. The van der Waals surface area contributed by atoms with Crippen molar-refractivity contribution in [2.75, 3.05) is 0 Å². The number of ether oxygens (including phenoxy) is 1. The van der Waals surface area contributed by atoms with E-state index in [2.05, 4.69) is 4.98 Å². The van der Waals surface area contributed by atoms with Crippen molar-refractivity contribution in [1.29, 1.82) is 0 Å². The number of carbonyl (C=O) groups is 1. The first-order valence-corrected chi connectivity index (χ1v) is 4.32. The molecule has 4 heteroatoms. The molecule has 1 heterocycles. The minimum atomic E-state index is -0.518. The van der Waals surface area contributed by atoms with Crippen LogP contribution in [0.1, 0.15) is 26.5 Å². The largest absolute Gasteiger partial charge is 0.506 e. The summed E-state index contributed by atoms with van der Waals surface area (Å²) in [4.78, 5) is 14.0. The molecule has 0 bridgehead atoms. The van der Waals surface area contributed by atoms with E-state index in [9.17, 15) is 9.90 Å². The number of nitrogens with one attached hydrogen (secondary N) is 1. The zero-order valence-corrected chi connectivity index (χ0v) is 8.50. The molecular weight excluding hydrogens is 182 g/mol. The van der Waals surface area contributed by atoms with Crippen molar-refractivity contribution in [3.05, 3.63) is 24.4 Å². The summed E-state index contributed by atoms with van der Waals surface area (Å²) in [5.41, 5.74) is -0.158. The highest BCUT2D eigenvalue weighted by molar-refractivity contribution is 5.83. The fraction of sp³-hybridized carbons (Fsp3) is 0.400. The summed E-state index contributed by atoms with van der Waals surface area (Å²) >= 11 is 0. The molecule has 1 radical (unpaired) electrons. The van der Waals surface area contributed by atoms with E-state index in [1.807, 2.05) is 0 Å². The standard InChI is InChI=1S/C10H14NO3/c1-10(2,3)14-9(13)6-7-8(12)4-5-11-7/h4-6,11-12H,1-3H3. The van der Waals surface area contributed by atoms with Crippen LogP contribution < -0.4 is 0 Å². The summed E-state index contributed by atoms with van der Waals surface area (Å²) in [6, 6.07) is 1.47. The lowest BCUT2D eigenvalue weighted by molar-refractivity contribution is -0.150. The normalized spacial score (nSPS) is 11.4. The molecule has 77 valence electrons. The van der Waals surface area contributed by atoms with E-state index in [0.717, 1.165) is 0 Å². The van der Waals surface area contributed by atoms with Gasteiger partial charge in [0.15, 0.2) is 0 Å². The minimum absolute atomic E-state index is 0.0378. The fourth-order valence-electron chi connectivity index (χ4n) is 0.939. The molecule has 0 saturated heterocycles. The van der Waals surface area contributed by atoms with Crippen molar-refractivity contribution in [2.45, 2.75) is 26.4 Å². The summed E-state index contributed by atoms with van der Waals surface area (Å²) in [5, 5.41) is 9.23.